The summed E-state index contributed by atoms with van der Waals surface area (Å²) >= 11 is 0. The molecule has 0 aromatic carbocycles. The highest BCUT2D eigenvalue weighted by atomic mass is 16.5. The molecule has 0 amide bonds. The summed E-state index contributed by atoms with van der Waals surface area (Å²) in [5, 5.41) is 11.8. The van der Waals surface area contributed by atoms with Crippen molar-refractivity contribution in [2.24, 2.45) is 0 Å². The Bertz CT molecular complexity index is 207. The van der Waals surface area contributed by atoms with Crippen LogP contribution in [0, 0.1) is 5.21 Å². The highest BCUT2D eigenvalue weighted by Gasteiger charge is 2.32. The van der Waals surface area contributed by atoms with Gasteiger partial charge in [0.05, 0.1) is 47.3 Å². The van der Waals surface area contributed by atoms with Gasteiger partial charge < -0.3 is 14.3 Å². The summed E-state index contributed by atoms with van der Waals surface area (Å²) in [7, 11) is 6.43. The molecule has 2 aliphatic rings. The van der Waals surface area contributed by atoms with E-state index < -0.39 is 0 Å². The Morgan fingerprint density at radius 3 is 1.94 bits per heavy atom. The molecule has 4 nitrogen and oxygen atoms in total. The second kappa shape index (κ2) is 4.26. The van der Waals surface area contributed by atoms with Crippen molar-refractivity contribution in [2.45, 2.75) is 18.9 Å². The molecule has 0 aliphatic carbocycles. The van der Waals surface area contributed by atoms with Gasteiger partial charge in [-0.25, -0.2) is 0 Å². The van der Waals surface area contributed by atoms with Crippen LogP contribution in [-0.2, 0) is 0 Å². The van der Waals surface area contributed by atoms with E-state index in [4.69, 9.17) is 0 Å². The van der Waals surface area contributed by atoms with E-state index in [9.17, 15) is 5.21 Å². The van der Waals surface area contributed by atoms with Crippen LogP contribution in [0.3, 0.4) is 0 Å². The molecule has 0 bridgehead atoms. The molecule has 16 heavy (non-hydrogen) atoms. The Kier molecular flexibility index (Phi) is 3.27. The third kappa shape index (κ3) is 2.94. The molecule has 0 spiro atoms. The molecule has 2 rings (SSSR count). The number of rotatable bonds is 1. The van der Waals surface area contributed by atoms with E-state index in [-0.39, 0.29) is 4.65 Å². The number of hydrogen-bond donors (Lipinski definition) is 0. The van der Waals surface area contributed by atoms with Gasteiger partial charge >= 0.3 is 0 Å². The predicted octanol–water partition coefficient (Wildman–Crippen LogP) is 0.485. The van der Waals surface area contributed by atoms with Crippen LogP contribution in [0.25, 0.3) is 0 Å². The second-order valence-electron chi connectivity index (χ2n) is 6.39. The normalized spacial score (nSPS) is 40.9. The van der Waals surface area contributed by atoms with Crippen molar-refractivity contribution in [3.8, 4) is 0 Å². The van der Waals surface area contributed by atoms with Gasteiger partial charge in [0.25, 0.3) is 0 Å². The zero-order chi connectivity index (χ0) is 11.8. The zero-order valence-electron chi connectivity index (χ0n) is 11.0. The summed E-state index contributed by atoms with van der Waals surface area (Å²) in [5.41, 5.74) is 0. The standard InChI is InChI=1S/C12H26N3O/c1-14(2)10-6-13(7-11-14)12-4-8-15(3,16)9-5-12/h12H,4-11H2,1-3H3/q+1. The minimum atomic E-state index is -0.0219. The lowest BCUT2D eigenvalue weighted by molar-refractivity contribution is -0.895. The maximum absolute atomic E-state index is 11.8. The van der Waals surface area contributed by atoms with Gasteiger partial charge in [-0.2, -0.15) is 0 Å². The average molecular weight is 228 g/mol. The quantitative estimate of drug-likeness (QED) is 0.482. The molecule has 2 saturated heterocycles. The van der Waals surface area contributed by atoms with E-state index in [0.29, 0.717) is 6.04 Å². The minimum Gasteiger partial charge on any atom is -0.633 e. The largest absolute Gasteiger partial charge is 0.633 e. The second-order valence-corrected chi connectivity index (χ2v) is 6.39. The first-order chi connectivity index (χ1) is 7.38. The fourth-order valence-electron chi connectivity index (χ4n) is 2.85. The fraction of sp³-hybridized carbons (Fsp3) is 1.00. The Balaban J connectivity index is 1.82. The van der Waals surface area contributed by atoms with Crippen LogP contribution in [0.4, 0.5) is 0 Å². The maximum Gasteiger partial charge on any atom is 0.0912 e. The molecule has 4 heteroatoms. The highest BCUT2D eigenvalue weighted by molar-refractivity contribution is 4.77. The van der Waals surface area contributed by atoms with Crippen LogP contribution < -0.4 is 0 Å². The number of likely N-dealkylation sites (tertiary alicyclic amines) is 1. The molecular weight excluding hydrogens is 202 g/mol. The van der Waals surface area contributed by atoms with E-state index in [2.05, 4.69) is 19.0 Å². The molecule has 0 aromatic rings. The predicted molar refractivity (Wildman–Crippen MR) is 65.7 cm³/mol. The van der Waals surface area contributed by atoms with Gasteiger partial charge in [-0.1, -0.05) is 0 Å². The van der Waals surface area contributed by atoms with Crippen LogP contribution in [-0.4, -0.2) is 80.5 Å². The van der Waals surface area contributed by atoms with Gasteiger partial charge in [0, 0.05) is 32.0 Å². The summed E-state index contributed by atoms with van der Waals surface area (Å²) in [6.07, 6.45) is 2.18. The first kappa shape index (κ1) is 12.3. The van der Waals surface area contributed by atoms with Crippen molar-refractivity contribution in [1.29, 1.82) is 0 Å². The first-order valence-corrected chi connectivity index (χ1v) is 6.50. The third-order valence-electron chi connectivity index (χ3n) is 4.37. The molecule has 2 aliphatic heterocycles. The number of piperazine rings is 1. The smallest absolute Gasteiger partial charge is 0.0912 e. The maximum atomic E-state index is 11.8. The van der Waals surface area contributed by atoms with Gasteiger partial charge in [0.15, 0.2) is 0 Å². The number of hydroxylamine groups is 3. The molecule has 0 N–H and O–H groups in total. The zero-order valence-corrected chi connectivity index (χ0v) is 11.0. The van der Waals surface area contributed by atoms with Crippen LogP contribution in [0.5, 0.6) is 0 Å². The fourth-order valence-corrected chi connectivity index (χ4v) is 2.85. The molecule has 0 saturated carbocycles. The van der Waals surface area contributed by atoms with Crippen molar-refractivity contribution in [3.05, 3.63) is 5.21 Å². The third-order valence-corrected chi connectivity index (χ3v) is 4.37. The molecule has 94 valence electrons. The van der Waals surface area contributed by atoms with Gasteiger partial charge in [0.2, 0.25) is 0 Å². The number of quaternary nitrogens is 2. The topological polar surface area (TPSA) is 26.3 Å². The minimum absolute atomic E-state index is 0.0219. The summed E-state index contributed by atoms with van der Waals surface area (Å²) in [4.78, 5) is 2.61. The lowest BCUT2D eigenvalue weighted by Crippen LogP contribution is -2.59. The van der Waals surface area contributed by atoms with E-state index in [0.717, 1.165) is 30.4 Å². The van der Waals surface area contributed by atoms with E-state index in [1.54, 1.807) is 0 Å². The van der Waals surface area contributed by atoms with Gasteiger partial charge in [-0.15, -0.1) is 0 Å². The molecular formula is C12H26N3O+. The average Bonchev–Trinajstić information content (AvgIpc) is 2.19. The summed E-state index contributed by atoms with van der Waals surface area (Å²) < 4.78 is 1.13. The van der Waals surface area contributed by atoms with Gasteiger partial charge in [0.1, 0.15) is 0 Å². The van der Waals surface area contributed by atoms with Crippen molar-refractivity contribution in [3.63, 3.8) is 0 Å². The lowest BCUT2D eigenvalue weighted by Gasteiger charge is -2.48. The van der Waals surface area contributed by atoms with Gasteiger partial charge in [-0.3, -0.25) is 4.90 Å². The summed E-state index contributed by atoms with van der Waals surface area (Å²) in [6, 6.07) is 0.681. The van der Waals surface area contributed by atoms with Crippen molar-refractivity contribution >= 4 is 0 Å². The molecule has 0 unspecified atom stereocenters. The molecule has 0 radical (unpaired) electrons. The van der Waals surface area contributed by atoms with Crippen molar-refractivity contribution < 1.29 is 9.13 Å². The van der Waals surface area contributed by atoms with Crippen LogP contribution in [0.1, 0.15) is 12.8 Å². The van der Waals surface area contributed by atoms with E-state index in [1.165, 1.54) is 26.2 Å². The van der Waals surface area contributed by atoms with Crippen molar-refractivity contribution in [1.82, 2.24) is 4.90 Å². The molecule has 0 atom stereocenters. The first-order valence-electron chi connectivity index (χ1n) is 6.50. The Morgan fingerprint density at radius 1 is 0.938 bits per heavy atom. The number of piperidine rings is 1. The Labute approximate surface area is 99.2 Å². The van der Waals surface area contributed by atoms with Gasteiger partial charge in [-0.05, 0) is 0 Å². The lowest BCUT2D eigenvalue weighted by atomic mass is 10.0. The SMILES string of the molecule is C[N+]1(C)CCN(C2CC[N+](C)([O-])CC2)CC1. The van der Waals surface area contributed by atoms with E-state index >= 15 is 0 Å². The molecule has 0 aromatic heterocycles. The number of likely N-dealkylation sites (N-methyl/N-ethyl adjacent to an activating group) is 1. The van der Waals surface area contributed by atoms with Crippen LogP contribution >= 0.6 is 0 Å². The Morgan fingerprint density at radius 2 is 1.44 bits per heavy atom. The summed E-state index contributed by atoms with van der Waals surface area (Å²) in [6.45, 7) is 6.53. The van der Waals surface area contributed by atoms with Crippen LogP contribution in [0.15, 0.2) is 0 Å². The number of nitrogens with zero attached hydrogens (tertiary/aromatic N) is 3. The number of hydrogen-bond acceptors (Lipinski definition) is 2. The highest BCUT2D eigenvalue weighted by Crippen LogP contribution is 2.21. The van der Waals surface area contributed by atoms with Crippen molar-refractivity contribution in [2.75, 3.05) is 60.4 Å². The van der Waals surface area contributed by atoms with Crippen LogP contribution in [0.2, 0.25) is 0 Å². The molecule has 2 fully saturated rings. The van der Waals surface area contributed by atoms with E-state index in [1.807, 2.05) is 7.05 Å². The molecule has 2 heterocycles. The summed E-state index contributed by atoms with van der Waals surface area (Å²) in [5.74, 6) is 0. The monoisotopic (exact) mass is 228 g/mol. The Hall–Kier alpha value is -0.160.